The molecule has 0 spiro atoms. The van der Waals surface area contributed by atoms with E-state index in [0.29, 0.717) is 12.1 Å². The highest BCUT2D eigenvalue weighted by Crippen LogP contribution is 2.03. The third-order valence-corrected chi connectivity index (χ3v) is 2.71. The van der Waals surface area contributed by atoms with Gasteiger partial charge in [-0.15, -0.1) is 0 Å². The maximum absolute atomic E-state index is 13.0. The molecule has 0 aliphatic heterocycles. The van der Waals surface area contributed by atoms with Crippen LogP contribution in [0.3, 0.4) is 0 Å². The molecule has 0 aliphatic rings. The van der Waals surface area contributed by atoms with Crippen LogP contribution in [-0.2, 0) is 13.1 Å². The van der Waals surface area contributed by atoms with Crippen LogP contribution in [0.5, 0.6) is 0 Å². The molecule has 0 saturated heterocycles. The average molecular weight is 248 g/mol. The number of hydrogen-bond acceptors (Lipinski definition) is 2. The van der Waals surface area contributed by atoms with Crippen molar-refractivity contribution in [2.24, 2.45) is 0 Å². The summed E-state index contributed by atoms with van der Waals surface area (Å²) >= 11 is 0. The summed E-state index contributed by atoms with van der Waals surface area (Å²) in [6.45, 7) is 2.39. The Morgan fingerprint density at radius 1 is 1.22 bits per heavy atom. The molecule has 0 N–H and O–H groups in total. The van der Waals surface area contributed by atoms with E-state index in [9.17, 15) is 14.0 Å². The molecule has 5 heteroatoms. The van der Waals surface area contributed by atoms with Gasteiger partial charge in [0.15, 0.2) is 0 Å². The number of aromatic nitrogens is 2. The van der Waals surface area contributed by atoms with E-state index in [1.165, 1.54) is 29.0 Å². The normalized spacial score (nSPS) is 10.6. The Balaban J connectivity index is 2.46. The average Bonchev–Trinajstić information content (AvgIpc) is 2.35. The second-order valence-corrected chi connectivity index (χ2v) is 3.94. The molecule has 1 aromatic heterocycles. The minimum atomic E-state index is -0.382. The fourth-order valence-corrected chi connectivity index (χ4v) is 1.76. The first kappa shape index (κ1) is 12.3. The zero-order valence-electron chi connectivity index (χ0n) is 9.97. The molecule has 94 valence electrons. The molecular formula is C13H13FN2O2. The number of rotatable bonds is 3. The molecule has 0 saturated carbocycles. The van der Waals surface area contributed by atoms with Gasteiger partial charge < -0.3 is 4.57 Å². The third-order valence-electron chi connectivity index (χ3n) is 2.71. The van der Waals surface area contributed by atoms with Gasteiger partial charge in [0.1, 0.15) is 5.82 Å². The van der Waals surface area contributed by atoms with Crippen LogP contribution in [0.15, 0.2) is 46.1 Å². The Morgan fingerprint density at radius 2 is 2.00 bits per heavy atom. The van der Waals surface area contributed by atoms with Gasteiger partial charge in [0.2, 0.25) is 0 Å². The summed E-state index contributed by atoms with van der Waals surface area (Å²) in [6, 6.07) is 7.20. The number of nitrogens with zero attached hydrogens (tertiary/aromatic N) is 2. The molecule has 2 aromatic rings. The van der Waals surface area contributed by atoms with Crippen molar-refractivity contribution >= 4 is 0 Å². The Hall–Kier alpha value is -2.17. The lowest BCUT2D eigenvalue weighted by atomic mass is 10.2. The van der Waals surface area contributed by atoms with Crippen molar-refractivity contribution in [2.45, 2.75) is 20.0 Å². The highest BCUT2D eigenvalue weighted by molar-refractivity contribution is 5.16. The lowest BCUT2D eigenvalue weighted by molar-refractivity contribution is 0.593. The van der Waals surface area contributed by atoms with Crippen LogP contribution in [0.2, 0.25) is 0 Å². The topological polar surface area (TPSA) is 44.0 Å². The predicted molar refractivity (Wildman–Crippen MR) is 66.1 cm³/mol. The van der Waals surface area contributed by atoms with Crippen LogP contribution in [0.4, 0.5) is 4.39 Å². The van der Waals surface area contributed by atoms with Crippen LogP contribution in [-0.4, -0.2) is 9.13 Å². The molecule has 0 radical (unpaired) electrons. The highest BCUT2D eigenvalue weighted by atomic mass is 19.1. The van der Waals surface area contributed by atoms with Crippen molar-refractivity contribution in [3.05, 3.63) is 68.7 Å². The largest absolute Gasteiger partial charge is 0.331 e. The maximum Gasteiger partial charge on any atom is 0.331 e. The van der Waals surface area contributed by atoms with E-state index in [-0.39, 0.29) is 23.6 Å². The molecule has 0 unspecified atom stereocenters. The maximum atomic E-state index is 13.0. The predicted octanol–water partition coefficient (Wildman–Crippen LogP) is 1.22. The summed E-state index contributed by atoms with van der Waals surface area (Å²) < 4.78 is 15.6. The number of benzene rings is 1. The van der Waals surface area contributed by atoms with Gasteiger partial charge in [-0.2, -0.15) is 0 Å². The van der Waals surface area contributed by atoms with Gasteiger partial charge in [-0.1, -0.05) is 12.1 Å². The molecule has 0 amide bonds. The summed E-state index contributed by atoms with van der Waals surface area (Å²) in [4.78, 5) is 23.6. The van der Waals surface area contributed by atoms with Crippen LogP contribution < -0.4 is 11.2 Å². The van der Waals surface area contributed by atoms with Gasteiger partial charge in [0, 0.05) is 18.8 Å². The number of hydrogen-bond donors (Lipinski definition) is 0. The smallest absolute Gasteiger partial charge is 0.301 e. The van der Waals surface area contributed by atoms with Crippen molar-refractivity contribution in [3.8, 4) is 0 Å². The van der Waals surface area contributed by atoms with E-state index in [4.69, 9.17) is 0 Å². The van der Waals surface area contributed by atoms with Crippen LogP contribution >= 0.6 is 0 Å². The molecule has 0 aliphatic carbocycles. The van der Waals surface area contributed by atoms with Crippen LogP contribution in [0.25, 0.3) is 0 Å². The molecule has 1 aromatic carbocycles. The van der Waals surface area contributed by atoms with E-state index in [2.05, 4.69) is 0 Å². The van der Waals surface area contributed by atoms with Crippen LogP contribution in [0, 0.1) is 5.82 Å². The van der Waals surface area contributed by atoms with Crippen molar-refractivity contribution in [1.82, 2.24) is 9.13 Å². The molecule has 0 fully saturated rings. The van der Waals surface area contributed by atoms with E-state index >= 15 is 0 Å². The van der Waals surface area contributed by atoms with Crippen molar-refractivity contribution < 1.29 is 4.39 Å². The summed E-state index contributed by atoms with van der Waals surface area (Å²) in [5, 5.41) is 0. The second kappa shape index (κ2) is 5.00. The zero-order chi connectivity index (χ0) is 13.1. The van der Waals surface area contributed by atoms with Crippen molar-refractivity contribution in [3.63, 3.8) is 0 Å². The van der Waals surface area contributed by atoms with Gasteiger partial charge in [-0.3, -0.25) is 9.36 Å². The lowest BCUT2D eigenvalue weighted by Crippen LogP contribution is -2.38. The van der Waals surface area contributed by atoms with Gasteiger partial charge in [0.05, 0.1) is 6.54 Å². The first-order chi connectivity index (χ1) is 8.61. The summed E-state index contributed by atoms with van der Waals surface area (Å²) in [5.41, 5.74) is -0.175. The highest BCUT2D eigenvalue weighted by Gasteiger charge is 2.05. The second-order valence-electron chi connectivity index (χ2n) is 3.94. The van der Waals surface area contributed by atoms with E-state index < -0.39 is 0 Å². The first-order valence-corrected chi connectivity index (χ1v) is 5.66. The van der Waals surface area contributed by atoms with Gasteiger partial charge in [-0.05, 0) is 24.6 Å². The molecule has 4 nitrogen and oxygen atoms in total. The first-order valence-electron chi connectivity index (χ1n) is 5.66. The number of halogens is 1. The van der Waals surface area contributed by atoms with Gasteiger partial charge in [-0.25, -0.2) is 9.18 Å². The van der Waals surface area contributed by atoms with Crippen molar-refractivity contribution in [2.75, 3.05) is 0 Å². The minimum Gasteiger partial charge on any atom is -0.301 e. The van der Waals surface area contributed by atoms with Gasteiger partial charge in [0.25, 0.3) is 5.56 Å². The zero-order valence-corrected chi connectivity index (χ0v) is 9.97. The lowest BCUT2D eigenvalue weighted by Gasteiger charge is -2.08. The standard InChI is InChI=1S/C13H13FN2O2/c1-2-15-7-6-12(17)16(13(15)18)9-10-4-3-5-11(14)8-10/h3-8H,2,9H2,1H3. The quantitative estimate of drug-likeness (QED) is 0.819. The Labute approximate surface area is 103 Å². The monoisotopic (exact) mass is 248 g/mol. The molecule has 2 rings (SSSR count). The van der Waals surface area contributed by atoms with Crippen molar-refractivity contribution in [1.29, 1.82) is 0 Å². The van der Waals surface area contributed by atoms with E-state index in [0.717, 1.165) is 4.57 Å². The summed E-state index contributed by atoms with van der Waals surface area (Å²) in [6.07, 6.45) is 1.47. The van der Waals surface area contributed by atoms with E-state index in [1.807, 2.05) is 6.92 Å². The number of aryl methyl sites for hydroxylation is 1. The SMILES string of the molecule is CCn1ccc(=O)n(Cc2cccc(F)c2)c1=O. The van der Waals surface area contributed by atoms with Crippen LogP contribution in [0.1, 0.15) is 12.5 Å². The fourth-order valence-electron chi connectivity index (χ4n) is 1.76. The summed E-state index contributed by atoms with van der Waals surface area (Å²) in [5.74, 6) is -0.382. The third kappa shape index (κ3) is 2.40. The Kier molecular flexibility index (Phi) is 3.41. The van der Waals surface area contributed by atoms with Gasteiger partial charge >= 0.3 is 5.69 Å². The fraction of sp³-hybridized carbons (Fsp3) is 0.231. The molecule has 18 heavy (non-hydrogen) atoms. The molecular weight excluding hydrogens is 235 g/mol. The molecule has 1 heterocycles. The minimum absolute atomic E-state index is 0.0796. The Morgan fingerprint density at radius 3 is 2.67 bits per heavy atom. The molecule has 0 atom stereocenters. The molecule has 0 bridgehead atoms. The van der Waals surface area contributed by atoms with E-state index in [1.54, 1.807) is 12.1 Å². The summed E-state index contributed by atoms with van der Waals surface area (Å²) in [7, 11) is 0. The Bertz CT molecular complexity index is 673.